The van der Waals surface area contributed by atoms with Crippen LogP contribution in [0.15, 0.2) is 53.5 Å². The highest BCUT2D eigenvalue weighted by molar-refractivity contribution is 6.30. The number of halogens is 3. The molecule has 0 saturated heterocycles. The summed E-state index contributed by atoms with van der Waals surface area (Å²) in [6.07, 6.45) is 4.48. The smallest absolute Gasteiger partial charge is 0.256 e. The molecule has 1 heterocycles. The summed E-state index contributed by atoms with van der Waals surface area (Å²) in [5.74, 6) is -0.930. The monoisotopic (exact) mass is 442 g/mol. The number of aromatic nitrogens is 2. The largest absolute Gasteiger partial charge is 0.310 e. The van der Waals surface area contributed by atoms with Gasteiger partial charge in [-0.15, -0.1) is 0 Å². The number of nitrogens with zero attached hydrogens (tertiary/aromatic N) is 2. The van der Waals surface area contributed by atoms with Gasteiger partial charge in [0.25, 0.3) is 5.91 Å². The van der Waals surface area contributed by atoms with E-state index in [1.807, 2.05) is 6.07 Å². The molecule has 1 aromatic heterocycles. The first-order valence-corrected chi connectivity index (χ1v) is 10.5. The van der Waals surface area contributed by atoms with Crippen LogP contribution in [0.1, 0.15) is 41.7 Å². The summed E-state index contributed by atoms with van der Waals surface area (Å²) in [6.45, 7) is 0. The van der Waals surface area contributed by atoms with E-state index in [0.717, 1.165) is 43.0 Å². The van der Waals surface area contributed by atoms with Gasteiger partial charge in [-0.25, -0.2) is 8.78 Å². The molecule has 2 N–H and O–H groups in total. The van der Waals surface area contributed by atoms with E-state index in [-0.39, 0.29) is 22.4 Å². The van der Waals surface area contributed by atoms with E-state index in [2.05, 4.69) is 15.5 Å². The van der Waals surface area contributed by atoms with Crippen molar-refractivity contribution in [3.63, 3.8) is 0 Å². The molecule has 5 nitrogen and oxygen atoms in total. The summed E-state index contributed by atoms with van der Waals surface area (Å²) in [6, 6.07) is 12.0. The van der Waals surface area contributed by atoms with Crippen molar-refractivity contribution in [2.24, 2.45) is 4.99 Å². The Morgan fingerprint density at radius 1 is 1.13 bits per heavy atom. The van der Waals surface area contributed by atoms with E-state index < -0.39 is 11.7 Å². The number of aliphatic imine (C=N–C) groups is 1. The van der Waals surface area contributed by atoms with Gasteiger partial charge in [0.05, 0.1) is 16.8 Å². The Kier molecular flexibility index (Phi) is 6.42. The summed E-state index contributed by atoms with van der Waals surface area (Å²) in [5.41, 5.74) is 2.36. The predicted octanol–water partition coefficient (Wildman–Crippen LogP) is 5.32. The summed E-state index contributed by atoms with van der Waals surface area (Å²) in [5, 5.41) is 10.0. The minimum Gasteiger partial charge on any atom is -0.310 e. The van der Waals surface area contributed by atoms with Gasteiger partial charge < -0.3 is 5.32 Å². The van der Waals surface area contributed by atoms with Crippen molar-refractivity contribution < 1.29 is 13.6 Å². The summed E-state index contributed by atoms with van der Waals surface area (Å²) < 4.78 is 26.9. The highest BCUT2D eigenvalue weighted by Gasteiger charge is 2.18. The van der Waals surface area contributed by atoms with Crippen molar-refractivity contribution in [1.82, 2.24) is 15.5 Å². The minimum absolute atomic E-state index is 0.0396. The second kappa shape index (κ2) is 9.39. The first-order valence-electron chi connectivity index (χ1n) is 10.1. The van der Waals surface area contributed by atoms with Crippen molar-refractivity contribution in [2.45, 2.75) is 38.1 Å². The number of aromatic amines is 1. The third-order valence-corrected chi connectivity index (χ3v) is 5.54. The molecule has 1 aliphatic rings. The van der Waals surface area contributed by atoms with Crippen molar-refractivity contribution in [2.75, 3.05) is 0 Å². The van der Waals surface area contributed by atoms with Crippen molar-refractivity contribution in [3.8, 4) is 11.3 Å². The lowest BCUT2D eigenvalue weighted by Gasteiger charge is -2.12. The lowest BCUT2D eigenvalue weighted by Crippen LogP contribution is -2.33. The van der Waals surface area contributed by atoms with Crippen LogP contribution in [0.5, 0.6) is 0 Å². The molecule has 8 heteroatoms. The van der Waals surface area contributed by atoms with Crippen LogP contribution in [-0.2, 0) is 6.42 Å². The minimum atomic E-state index is -0.652. The summed E-state index contributed by atoms with van der Waals surface area (Å²) in [7, 11) is 0. The molecule has 31 heavy (non-hydrogen) atoms. The zero-order valence-electron chi connectivity index (χ0n) is 16.7. The highest BCUT2D eigenvalue weighted by atomic mass is 35.5. The maximum Gasteiger partial charge on any atom is 0.256 e. The zero-order chi connectivity index (χ0) is 21.8. The molecule has 0 unspecified atom stereocenters. The molecular formula is C23H21ClF2N4O. The molecular weight excluding hydrogens is 422 g/mol. The number of H-pyrrole nitrogens is 1. The Hall–Kier alpha value is -3.06. The van der Waals surface area contributed by atoms with Gasteiger partial charge in [0.15, 0.2) is 0 Å². The molecule has 0 spiro atoms. The normalized spacial score (nSPS) is 14.7. The molecule has 1 aliphatic carbocycles. The SMILES string of the molecule is O=C(NC(Cc1cc(-c2ccc(F)cc2)n[nH]1)=NC1CCCC1)c1ccc(Cl)c(F)c1. The number of carbonyl (C=O) groups is 1. The molecule has 0 aliphatic heterocycles. The lowest BCUT2D eigenvalue weighted by molar-refractivity contribution is 0.0976. The second-order valence-electron chi connectivity index (χ2n) is 7.56. The van der Waals surface area contributed by atoms with Crippen LogP contribution in [0.2, 0.25) is 5.02 Å². The topological polar surface area (TPSA) is 70.1 Å². The standard InChI is InChI=1S/C23H21ClF2N4O/c24-19-10-7-15(11-20(19)26)23(31)28-22(27-17-3-1-2-4-17)13-18-12-21(30-29-18)14-5-8-16(25)9-6-14/h5-12,17H,1-4,13H2,(H,29,30)(H,27,28,31). The van der Waals surface area contributed by atoms with Gasteiger partial charge in [-0.1, -0.05) is 24.4 Å². The van der Waals surface area contributed by atoms with Crippen LogP contribution in [0.25, 0.3) is 11.3 Å². The first-order chi connectivity index (χ1) is 15.0. The number of hydrogen-bond donors (Lipinski definition) is 2. The second-order valence-corrected chi connectivity index (χ2v) is 7.97. The molecule has 1 fully saturated rings. The quantitative estimate of drug-likeness (QED) is 0.414. The van der Waals surface area contributed by atoms with Gasteiger partial charge in [0, 0.05) is 23.2 Å². The molecule has 3 aromatic rings. The first kappa shape index (κ1) is 21.2. The number of amidine groups is 1. The van der Waals surface area contributed by atoms with Crippen LogP contribution in [0, 0.1) is 11.6 Å². The van der Waals surface area contributed by atoms with Gasteiger partial charge >= 0.3 is 0 Å². The maximum atomic E-state index is 13.8. The van der Waals surface area contributed by atoms with Gasteiger partial charge in [-0.05, 0) is 61.4 Å². The fourth-order valence-corrected chi connectivity index (χ4v) is 3.74. The third kappa shape index (κ3) is 5.35. The average Bonchev–Trinajstić information content (AvgIpc) is 3.43. The molecule has 2 aromatic carbocycles. The number of amides is 1. The Balaban J connectivity index is 1.53. The Bertz CT molecular complexity index is 1110. The molecule has 4 rings (SSSR count). The summed E-state index contributed by atoms with van der Waals surface area (Å²) >= 11 is 5.71. The van der Waals surface area contributed by atoms with Gasteiger partial charge in [-0.2, -0.15) is 5.10 Å². The maximum absolute atomic E-state index is 13.8. The van der Waals surface area contributed by atoms with Crippen LogP contribution in [-0.4, -0.2) is 28.0 Å². The molecule has 1 saturated carbocycles. The number of carbonyl (C=O) groups excluding carboxylic acids is 1. The fourth-order valence-electron chi connectivity index (χ4n) is 3.62. The van der Waals surface area contributed by atoms with Crippen LogP contribution in [0.3, 0.4) is 0 Å². The number of hydrogen-bond acceptors (Lipinski definition) is 3. The van der Waals surface area contributed by atoms with Gasteiger partial charge in [0.2, 0.25) is 0 Å². The molecule has 0 bridgehead atoms. The Morgan fingerprint density at radius 3 is 2.58 bits per heavy atom. The van der Waals surface area contributed by atoms with E-state index in [1.54, 1.807) is 12.1 Å². The van der Waals surface area contributed by atoms with Crippen molar-refractivity contribution in [3.05, 3.63) is 76.4 Å². The van der Waals surface area contributed by atoms with E-state index in [1.165, 1.54) is 24.3 Å². The lowest BCUT2D eigenvalue weighted by atomic mass is 10.1. The zero-order valence-corrected chi connectivity index (χ0v) is 17.4. The molecule has 160 valence electrons. The molecule has 0 atom stereocenters. The van der Waals surface area contributed by atoms with E-state index in [4.69, 9.17) is 16.6 Å². The number of rotatable bonds is 5. The van der Waals surface area contributed by atoms with E-state index in [9.17, 15) is 13.6 Å². The van der Waals surface area contributed by atoms with E-state index >= 15 is 0 Å². The Morgan fingerprint density at radius 2 is 1.87 bits per heavy atom. The van der Waals surface area contributed by atoms with Crippen LogP contribution in [0.4, 0.5) is 8.78 Å². The van der Waals surface area contributed by atoms with Crippen LogP contribution >= 0.6 is 11.6 Å². The summed E-state index contributed by atoms with van der Waals surface area (Å²) in [4.78, 5) is 17.4. The fraction of sp³-hybridized carbons (Fsp3) is 0.261. The van der Waals surface area contributed by atoms with Crippen LogP contribution < -0.4 is 5.32 Å². The Labute approximate surface area is 183 Å². The predicted molar refractivity (Wildman–Crippen MR) is 116 cm³/mol. The van der Waals surface area contributed by atoms with Crippen molar-refractivity contribution in [1.29, 1.82) is 0 Å². The molecule has 0 radical (unpaired) electrons. The highest BCUT2D eigenvalue weighted by Crippen LogP contribution is 2.22. The van der Waals surface area contributed by atoms with Gasteiger partial charge in [-0.3, -0.25) is 14.9 Å². The number of benzene rings is 2. The molecule has 1 amide bonds. The van der Waals surface area contributed by atoms with E-state index in [0.29, 0.717) is 18.0 Å². The van der Waals surface area contributed by atoms with Crippen molar-refractivity contribution >= 4 is 23.3 Å². The number of nitrogens with one attached hydrogen (secondary N) is 2. The average molecular weight is 443 g/mol. The van der Waals surface area contributed by atoms with Gasteiger partial charge in [0.1, 0.15) is 17.5 Å². The third-order valence-electron chi connectivity index (χ3n) is 5.23.